The molecule has 2 aromatic rings. The lowest BCUT2D eigenvalue weighted by Crippen LogP contribution is -2.47. The smallest absolute Gasteiger partial charge is 0.189 e. The first kappa shape index (κ1) is 16.4. The molecule has 0 spiro atoms. The predicted molar refractivity (Wildman–Crippen MR) is 95.9 cm³/mol. The molecule has 0 atom stereocenters. The summed E-state index contributed by atoms with van der Waals surface area (Å²) < 4.78 is 5.30. The molecule has 0 unspecified atom stereocenters. The molecule has 124 valence electrons. The maximum Gasteiger partial charge on any atom is 0.189 e. The minimum absolute atomic E-state index is 0.530. The number of piperazine rings is 1. The number of thioether (sulfide) groups is 1. The van der Waals surface area contributed by atoms with Gasteiger partial charge in [-0.3, -0.25) is 0 Å². The molecule has 3 rings (SSSR count). The molecule has 7 heteroatoms. The van der Waals surface area contributed by atoms with Crippen molar-refractivity contribution in [3.05, 3.63) is 36.0 Å². The second-order valence-electron chi connectivity index (χ2n) is 5.38. The lowest BCUT2D eigenvalue weighted by atomic mass is 10.2. The molecule has 0 N–H and O–H groups in total. The minimum Gasteiger partial charge on any atom is -0.497 e. The molecule has 2 heterocycles. The molecule has 1 saturated heterocycles. The molecule has 24 heavy (non-hydrogen) atoms. The van der Waals surface area contributed by atoms with Crippen LogP contribution in [0.25, 0.3) is 0 Å². The fourth-order valence-corrected chi connectivity index (χ4v) is 3.09. The van der Waals surface area contributed by atoms with Crippen LogP contribution in [0.4, 0.5) is 11.5 Å². The molecule has 1 aromatic heterocycles. The number of rotatable bonds is 4. The summed E-state index contributed by atoms with van der Waals surface area (Å²) in [7, 11) is 1.68. The SMILES string of the molecule is COc1cccc(N2CCN(c3nc(SC)ncc3C#N)CC2)c1. The summed E-state index contributed by atoms with van der Waals surface area (Å²) in [6.45, 7) is 3.38. The minimum atomic E-state index is 0.530. The highest BCUT2D eigenvalue weighted by atomic mass is 32.2. The Labute approximate surface area is 146 Å². The third kappa shape index (κ3) is 3.39. The van der Waals surface area contributed by atoms with Crippen molar-refractivity contribution in [2.75, 3.05) is 49.3 Å². The highest BCUT2D eigenvalue weighted by molar-refractivity contribution is 7.98. The monoisotopic (exact) mass is 341 g/mol. The van der Waals surface area contributed by atoms with Gasteiger partial charge < -0.3 is 14.5 Å². The highest BCUT2D eigenvalue weighted by Gasteiger charge is 2.21. The quantitative estimate of drug-likeness (QED) is 0.625. The molecule has 0 amide bonds. The molecule has 1 aliphatic rings. The average molecular weight is 341 g/mol. The first-order chi connectivity index (χ1) is 11.7. The standard InChI is InChI=1S/C17H19N5OS/c1-23-15-5-3-4-14(10-15)21-6-8-22(9-7-21)16-13(11-18)12-19-17(20-16)24-2/h3-5,10,12H,6-9H2,1-2H3. The van der Waals surface area contributed by atoms with Crippen LogP contribution in [-0.4, -0.2) is 49.5 Å². The molecular formula is C17H19N5OS. The van der Waals surface area contributed by atoms with Crippen molar-refractivity contribution in [3.63, 3.8) is 0 Å². The van der Waals surface area contributed by atoms with Gasteiger partial charge in [0.05, 0.1) is 13.3 Å². The third-order valence-electron chi connectivity index (χ3n) is 4.05. The fourth-order valence-electron chi connectivity index (χ4n) is 2.76. The zero-order valence-electron chi connectivity index (χ0n) is 13.8. The molecule has 0 saturated carbocycles. The number of hydrogen-bond acceptors (Lipinski definition) is 7. The van der Waals surface area contributed by atoms with Gasteiger partial charge in [-0.25, -0.2) is 9.97 Å². The number of ether oxygens (including phenoxy) is 1. The average Bonchev–Trinajstić information content (AvgIpc) is 2.67. The molecule has 0 radical (unpaired) electrons. The summed E-state index contributed by atoms with van der Waals surface area (Å²) in [6.07, 6.45) is 3.55. The summed E-state index contributed by atoms with van der Waals surface area (Å²) in [6, 6.07) is 10.3. The van der Waals surface area contributed by atoms with Crippen molar-refractivity contribution in [1.29, 1.82) is 5.26 Å². The molecule has 1 fully saturated rings. The van der Waals surface area contributed by atoms with Crippen molar-refractivity contribution in [1.82, 2.24) is 9.97 Å². The Hall–Kier alpha value is -2.46. The Kier molecular flexibility index (Phi) is 5.06. The van der Waals surface area contributed by atoms with Gasteiger partial charge >= 0.3 is 0 Å². The second-order valence-corrected chi connectivity index (χ2v) is 6.15. The van der Waals surface area contributed by atoms with E-state index in [2.05, 4.69) is 31.9 Å². The van der Waals surface area contributed by atoms with Gasteiger partial charge in [0.2, 0.25) is 0 Å². The Morgan fingerprint density at radius 3 is 2.62 bits per heavy atom. The van der Waals surface area contributed by atoms with Gasteiger partial charge in [-0.2, -0.15) is 5.26 Å². The topological polar surface area (TPSA) is 65.3 Å². The molecule has 6 nitrogen and oxygen atoms in total. The predicted octanol–water partition coefficient (Wildman–Crippen LogP) is 2.41. The Balaban J connectivity index is 1.74. The van der Waals surface area contributed by atoms with E-state index >= 15 is 0 Å². The first-order valence-electron chi connectivity index (χ1n) is 7.70. The van der Waals surface area contributed by atoms with Crippen molar-refractivity contribution in [2.24, 2.45) is 0 Å². The lowest BCUT2D eigenvalue weighted by molar-refractivity contribution is 0.414. The van der Waals surface area contributed by atoms with Crippen LogP contribution in [-0.2, 0) is 0 Å². The van der Waals surface area contributed by atoms with Gasteiger partial charge in [-0.15, -0.1) is 0 Å². The summed E-state index contributed by atoms with van der Waals surface area (Å²) in [5, 5.41) is 10.0. The lowest BCUT2D eigenvalue weighted by Gasteiger charge is -2.37. The number of anilines is 2. The van der Waals surface area contributed by atoms with Crippen molar-refractivity contribution in [3.8, 4) is 11.8 Å². The van der Waals surface area contributed by atoms with Crippen molar-refractivity contribution >= 4 is 23.3 Å². The van der Waals surface area contributed by atoms with E-state index in [1.54, 1.807) is 13.3 Å². The largest absolute Gasteiger partial charge is 0.497 e. The summed E-state index contributed by atoms with van der Waals surface area (Å²) in [5.41, 5.74) is 1.68. The van der Waals surface area contributed by atoms with Crippen molar-refractivity contribution in [2.45, 2.75) is 5.16 Å². The Morgan fingerprint density at radius 1 is 1.21 bits per heavy atom. The van der Waals surface area contributed by atoms with E-state index in [0.717, 1.165) is 43.4 Å². The first-order valence-corrected chi connectivity index (χ1v) is 8.92. The van der Waals surface area contributed by atoms with Crippen LogP contribution >= 0.6 is 11.8 Å². The van der Waals surface area contributed by atoms with E-state index in [9.17, 15) is 5.26 Å². The summed E-state index contributed by atoms with van der Waals surface area (Å²) in [4.78, 5) is 13.2. The number of nitrogens with zero attached hydrogens (tertiary/aromatic N) is 5. The van der Waals surface area contributed by atoms with E-state index in [-0.39, 0.29) is 0 Å². The molecular weight excluding hydrogens is 322 g/mol. The number of aromatic nitrogens is 2. The van der Waals surface area contributed by atoms with Crippen LogP contribution in [0.15, 0.2) is 35.6 Å². The summed E-state index contributed by atoms with van der Waals surface area (Å²) >= 11 is 1.49. The molecule has 0 bridgehead atoms. The normalized spacial score (nSPS) is 14.4. The number of nitriles is 1. The van der Waals surface area contributed by atoms with Crippen LogP contribution in [0.5, 0.6) is 5.75 Å². The second kappa shape index (κ2) is 7.41. The zero-order chi connectivity index (χ0) is 16.9. The molecule has 1 aromatic carbocycles. The Morgan fingerprint density at radius 2 is 1.96 bits per heavy atom. The van der Waals surface area contributed by atoms with E-state index in [0.29, 0.717) is 10.7 Å². The highest BCUT2D eigenvalue weighted by Crippen LogP contribution is 2.25. The van der Waals surface area contributed by atoms with Gasteiger partial charge in [0, 0.05) is 37.9 Å². The summed E-state index contributed by atoms with van der Waals surface area (Å²) in [5.74, 6) is 1.60. The van der Waals surface area contributed by atoms with Crippen LogP contribution in [0, 0.1) is 11.3 Å². The van der Waals surface area contributed by atoms with Gasteiger partial charge in [0.15, 0.2) is 11.0 Å². The van der Waals surface area contributed by atoms with E-state index in [1.165, 1.54) is 11.8 Å². The van der Waals surface area contributed by atoms with Crippen molar-refractivity contribution < 1.29 is 4.74 Å². The number of hydrogen-bond donors (Lipinski definition) is 0. The molecule has 1 aliphatic heterocycles. The maximum atomic E-state index is 9.31. The maximum absolute atomic E-state index is 9.31. The van der Waals surface area contributed by atoms with E-state index in [1.807, 2.05) is 24.5 Å². The van der Waals surface area contributed by atoms with Gasteiger partial charge in [-0.1, -0.05) is 17.8 Å². The van der Waals surface area contributed by atoms with Crippen LogP contribution in [0.3, 0.4) is 0 Å². The van der Waals surface area contributed by atoms with E-state index < -0.39 is 0 Å². The fraction of sp³-hybridized carbons (Fsp3) is 0.353. The Bertz CT molecular complexity index is 753. The van der Waals surface area contributed by atoms with Gasteiger partial charge in [0.1, 0.15) is 17.4 Å². The third-order valence-corrected chi connectivity index (χ3v) is 4.61. The van der Waals surface area contributed by atoms with Gasteiger partial charge in [-0.05, 0) is 18.4 Å². The van der Waals surface area contributed by atoms with E-state index in [4.69, 9.17) is 4.74 Å². The van der Waals surface area contributed by atoms with Crippen LogP contribution < -0.4 is 14.5 Å². The van der Waals surface area contributed by atoms with Gasteiger partial charge in [0.25, 0.3) is 0 Å². The van der Waals surface area contributed by atoms with Crippen LogP contribution in [0.1, 0.15) is 5.56 Å². The zero-order valence-corrected chi connectivity index (χ0v) is 14.6. The number of methoxy groups -OCH3 is 1. The number of benzene rings is 1. The molecule has 0 aliphatic carbocycles. The van der Waals surface area contributed by atoms with Crippen LogP contribution in [0.2, 0.25) is 0 Å².